The van der Waals surface area contributed by atoms with Gasteiger partial charge < -0.3 is 9.84 Å². The summed E-state index contributed by atoms with van der Waals surface area (Å²) < 4.78 is 4.86. The molecule has 0 amide bonds. The maximum absolute atomic E-state index is 11.8. The SMILES string of the molecule is COOCCC1OC(=O)/C(=C(/O)C(C)C)C1=O. The lowest BCUT2D eigenvalue weighted by Gasteiger charge is -2.06. The predicted octanol–water partition coefficient (Wildman–Crippen LogP) is 0.917. The van der Waals surface area contributed by atoms with Crippen LogP contribution >= 0.6 is 0 Å². The normalized spacial score (nSPS) is 23.2. The molecule has 1 unspecified atom stereocenters. The first-order chi connectivity index (χ1) is 7.99. The fraction of sp³-hybridized carbons (Fsp3) is 0.636. The third-order valence-corrected chi connectivity index (χ3v) is 2.38. The molecule has 96 valence electrons. The average molecular weight is 244 g/mol. The molecule has 1 saturated heterocycles. The van der Waals surface area contributed by atoms with Crippen LogP contribution in [0.2, 0.25) is 0 Å². The van der Waals surface area contributed by atoms with Gasteiger partial charge in [-0.2, -0.15) is 0 Å². The second-order valence-electron chi connectivity index (χ2n) is 3.95. The number of esters is 1. The summed E-state index contributed by atoms with van der Waals surface area (Å²) in [6.45, 7) is 3.50. The van der Waals surface area contributed by atoms with E-state index in [-0.39, 0.29) is 30.3 Å². The molecule has 0 bridgehead atoms. The Bertz CT molecular complexity index is 344. The van der Waals surface area contributed by atoms with Gasteiger partial charge in [0.15, 0.2) is 6.10 Å². The van der Waals surface area contributed by atoms with Gasteiger partial charge in [0.2, 0.25) is 5.78 Å². The van der Waals surface area contributed by atoms with Crippen LogP contribution in [0, 0.1) is 5.92 Å². The van der Waals surface area contributed by atoms with E-state index in [0.717, 1.165) is 0 Å². The molecule has 1 N–H and O–H groups in total. The quantitative estimate of drug-likeness (QED) is 0.147. The Labute approximate surface area is 99.1 Å². The second-order valence-corrected chi connectivity index (χ2v) is 3.95. The van der Waals surface area contributed by atoms with Crippen LogP contribution in [0.15, 0.2) is 11.3 Å². The van der Waals surface area contributed by atoms with Gasteiger partial charge in [-0.3, -0.25) is 4.79 Å². The third kappa shape index (κ3) is 3.04. The lowest BCUT2D eigenvalue weighted by atomic mass is 10.0. The number of ketones is 1. The molecule has 0 aromatic carbocycles. The van der Waals surface area contributed by atoms with Crippen molar-refractivity contribution in [1.82, 2.24) is 0 Å². The summed E-state index contributed by atoms with van der Waals surface area (Å²) >= 11 is 0. The van der Waals surface area contributed by atoms with Crippen molar-refractivity contribution in [2.24, 2.45) is 5.92 Å². The standard InChI is InChI=1S/C11H16O6/c1-6(2)9(12)8-10(13)7(17-11(8)14)4-5-16-15-3/h6-7,12H,4-5H2,1-3H3/b9-8+. The summed E-state index contributed by atoms with van der Waals surface area (Å²) in [6, 6.07) is 0. The van der Waals surface area contributed by atoms with Gasteiger partial charge in [0.05, 0.1) is 13.7 Å². The molecule has 1 rings (SSSR count). The monoisotopic (exact) mass is 244 g/mol. The Morgan fingerprint density at radius 2 is 2.12 bits per heavy atom. The molecule has 0 saturated carbocycles. The van der Waals surface area contributed by atoms with Crippen molar-refractivity contribution in [3.63, 3.8) is 0 Å². The number of carbonyl (C=O) groups excluding carboxylic acids is 2. The van der Waals surface area contributed by atoms with Crippen molar-refractivity contribution in [1.29, 1.82) is 0 Å². The van der Waals surface area contributed by atoms with Gasteiger partial charge in [0.1, 0.15) is 11.3 Å². The lowest BCUT2D eigenvalue weighted by molar-refractivity contribution is -0.274. The van der Waals surface area contributed by atoms with E-state index in [2.05, 4.69) is 9.78 Å². The number of ether oxygens (including phenoxy) is 1. The smallest absolute Gasteiger partial charge is 0.346 e. The van der Waals surface area contributed by atoms with E-state index >= 15 is 0 Å². The first-order valence-corrected chi connectivity index (χ1v) is 5.33. The van der Waals surface area contributed by atoms with Crippen LogP contribution in [-0.4, -0.2) is 36.7 Å². The molecule has 1 aliphatic rings. The third-order valence-electron chi connectivity index (χ3n) is 2.38. The van der Waals surface area contributed by atoms with Crippen LogP contribution in [0.1, 0.15) is 20.3 Å². The molecule has 17 heavy (non-hydrogen) atoms. The van der Waals surface area contributed by atoms with Crippen molar-refractivity contribution in [2.45, 2.75) is 26.4 Å². The number of Topliss-reactive ketones (excluding diaryl/α,β-unsaturated/α-hetero) is 1. The zero-order valence-electron chi connectivity index (χ0n) is 10.1. The summed E-state index contributed by atoms with van der Waals surface area (Å²) in [5.41, 5.74) is -0.248. The van der Waals surface area contributed by atoms with Crippen molar-refractivity contribution in [3.05, 3.63) is 11.3 Å². The highest BCUT2D eigenvalue weighted by atomic mass is 17.2. The molecular formula is C11H16O6. The Kier molecular flexibility index (Phi) is 4.65. The minimum Gasteiger partial charge on any atom is -0.511 e. The Balaban J connectivity index is 2.76. The summed E-state index contributed by atoms with van der Waals surface area (Å²) in [5.74, 6) is -1.80. The molecule has 0 aromatic heterocycles. The first-order valence-electron chi connectivity index (χ1n) is 5.33. The maximum atomic E-state index is 11.8. The van der Waals surface area contributed by atoms with E-state index in [4.69, 9.17) is 4.74 Å². The van der Waals surface area contributed by atoms with Gasteiger partial charge in [0.25, 0.3) is 0 Å². The van der Waals surface area contributed by atoms with Crippen LogP contribution < -0.4 is 0 Å². The molecule has 6 heteroatoms. The van der Waals surface area contributed by atoms with E-state index in [1.165, 1.54) is 7.11 Å². The number of cyclic esters (lactones) is 1. The molecule has 1 heterocycles. The summed E-state index contributed by atoms with van der Waals surface area (Å²) in [6.07, 6.45) is -0.693. The van der Waals surface area contributed by atoms with E-state index in [0.29, 0.717) is 0 Å². The van der Waals surface area contributed by atoms with Crippen molar-refractivity contribution >= 4 is 11.8 Å². The molecule has 0 radical (unpaired) electrons. The predicted molar refractivity (Wildman–Crippen MR) is 57.0 cm³/mol. The Hall–Kier alpha value is -1.40. The van der Waals surface area contributed by atoms with E-state index in [1.54, 1.807) is 13.8 Å². The highest BCUT2D eigenvalue weighted by Gasteiger charge is 2.41. The molecule has 0 spiro atoms. The highest BCUT2D eigenvalue weighted by molar-refractivity contribution is 6.23. The average Bonchev–Trinajstić information content (AvgIpc) is 2.54. The Morgan fingerprint density at radius 1 is 1.47 bits per heavy atom. The number of carbonyl (C=O) groups is 2. The van der Waals surface area contributed by atoms with Crippen LogP contribution in [0.4, 0.5) is 0 Å². The molecular weight excluding hydrogens is 228 g/mol. The van der Waals surface area contributed by atoms with E-state index in [1.807, 2.05) is 0 Å². The number of aliphatic hydroxyl groups is 1. The number of rotatable bonds is 5. The number of hydrogen-bond acceptors (Lipinski definition) is 6. The molecule has 0 aromatic rings. The van der Waals surface area contributed by atoms with Crippen molar-refractivity contribution in [2.75, 3.05) is 13.7 Å². The Morgan fingerprint density at radius 3 is 2.65 bits per heavy atom. The number of hydrogen-bond donors (Lipinski definition) is 1. The molecule has 0 aliphatic carbocycles. The molecule has 1 aliphatic heterocycles. The number of allylic oxidation sites excluding steroid dienone is 1. The van der Waals surface area contributed by atoms with Gasteiger partial charge in [-0.1, -0.05) is 13.8 Å². The van der Waals surface area contributed by atoms with Gasteiger partial charge >= 0.3 is 5.97 Å². The zero-order chi connectivity index (χ0) is 13.0. The van der Waals surface area contributed by atoms with Gasteiger partial charge in [-0.15, -0.1) is 0 Å². The van der Waals surface area contributed by atoms with Crippen LogP contribution in [0.5, 0.6) is 0 Å². The molecule has 1 fully saturated rings. The van der Waals surface area contributed by atoms with Crippen LogP contribution in [-0.2, 0) is 24.1 Å². The van der Waals surface area contributed by atoms with Crippen molar-refractivity contribution in [3.8, 4) is 0 Å². The van der Waals surface area contributed by atoms with Crippen molar-refractivity contribution < 1.29 is 29.2 Å². The minimum absolute atomic E-state index is 0.135. The zero-order valence-corrected chi connectivity index (χ0v) is 10.1. The van der Waals surface area contributed by atoms with Crippen LogP contribution in [0.3, 0.4) is 0 Å². The molecule has 6 nitrogen and oxygen atoms in total. The van der Waals surface area contributed by atoms with Gasteiger partial charge in [0, 0.05) is 12.3 Å². The summed E-state index contributed by atoms with van der Waals surface area (Å²) in [7, 11) is 1.35. The first kappa shape index (κ1) is 13.7. The van der Waals surface area contributed by atoms with E-state index < -0.39 is 17.9 Å². The molecule has 1 atom stereocenters. The largest absolute Gasteiger partial charge is 0.511 e. The lowest BCUT2D eigenvalue weighted by Crippen LogP contribution is -2.19. The fourth-order valence-electron chi connectivity index (χ4n) is 1.45. The van der Waals surface area contributed by atoms with Gasteiger partial charge in [-0.05, 0) is 0 Å². The highest BCUT2D eigenvalue weighted by Crippen LogP contribution is 2.24. The van der Waals surface area contributed by atoms with E-state index in [9.17, 15) is 14.7 Å². The second kappa shape index (κ2) is 5.79. The summed E-state index contributed by atoms with van der Waals surface area (Å²) in [5, 5.41) is 9.66. The topological polar surface area (TPSA) is 82.1 Å². The van der Waals surface area contributed by atoms with Crippen LogP contribution in [0.25, 0.3) is 0 Å². The minimum atomic E-state index is -0.895. The number of aliphatic hydroxyl groups excluding tert-OH is 1. The maximum Gasteiger partial charge on any atom is 0.346 e. The summed E-state index contributed by atoms with van der Waals surface area (Å²) in [4.78, 5) is 32.2. The van der Waals surface area contributed by atoms with Gasteiger partial charge in [-0.25, -0.2) is 14.6 Å². The fourth-order valence-corrected chi connectivity index (χ4v) is 1.45.